The van der Waals surface area contributed by atoms with Gasteiger partial charge in [0, 0.05) is 43.1 Å². The van der Waals surface area contributed by atoms with Crippen LogP contribution >= 0.6 is 46.8 Å². The molecule has 2 N–H and O–H groups in total. The Balaban J connectivity index is 1.28. The van der Waals surface area contributed by atoms with Gasteiger partial charge >= 0.3 is 0 Å². The molecule has 0 radical (unpaired) electrons. The summed E-state index contributed by atoms with van der Waals surface area (Å²) in [6.07, 6.45) is 0. The van der Waals surface area contributed by atoms with E-state index in [1.807, 2.05) is 46.7 Å². The van der Waals surface area contributed by atoms with Crippen LogP contribution in [0.25, 0.3) is 0 Å². The van der Waals surface area contributed by atoms with Gasteiger partial charge in [-0.2, -0.15) is 0 Å². The van der Waals surface area contributed by atoms with Crippen LogP contribution in [-0.2, 0) is 0 Å². The van der Waals surface area contributed by atoms with Crippen molar-refractivity contribution in [3.8, 4) is 0 Å². The summed E-state index contributed by atoms with van der Waals surface area (Å²) in [6.45, 7) is 2.90. The summed E-state index contributed by atoms with van der Waals surface area (Å²) in [5.41, 5.74) is 2.18. The first-order chi connectivity index (χ1) is 15.9. The number of piperazine rings is 1. The van der Waals surface area contributed by atoms with E-state index in [0.29, 0.717) is 28.7 Å². The van der Waals surface area contributed by atoms with E-state index < -0.39 is 0 Å². The second-order valence-electron chi connectivity index (χ2n) is 7.34. The van der Waals surface area contributed by atoms with E-state index >= 15 is 0 Å². The maximum absolute atomic E-state index is 12.5. The van der Waals surface area contributed by atoms with Crippen LogP contribution in [-0.4, -0.2) is 48.0 Å². The van der Waals surface area contributed by atoms with E-state index in [2.05, 4.69) is 15.5 Å². The Morgan fingerprint density at radius 1 is 0.939 bits per heavy atom. The van der Waals surface area contributed by atoms with Crippen LogP contribution in [0, 0.1) is 0 Å². The van der Waals surface area contributed by atoms with Crippen molar-refractivity contribution < 1.29 is 9.59 Å². The molecule has 2 aromatic carbocycles. The molecule has 3 aromatic rings. The van der Waals surface area contributed by atoms with E-state index in [4.69, 9.17) is 35.4 Å². The minimum atomic E-state index is -0.377. The highest BCUT2D eigenvalue weighted by atomic mass is 35.5. The number of thiophene rings is 1. The van der Waals surface area contributed by atoms with Crippen molar-refractivity contribution in [1.82, 2.24) is 10.2 Å². The lowest BCUT2D eigenvalue weighted by Crippen LogP contribution is -2.48. The van der Waals surface area contributed by atoms with Crippen LogP contribution in [0.3, 0.4) is 0 Å². The first kappa shape index (κ1) is 23.5. The molecule has 0 bridgehead atoms. The predicted octanol–water partition coefficient (Wildman–Crippen LogP) is 5.14. The van der Waals surface area contributed by atoms with E-state index in [1.165, 1.54) is 17.4 Å². The minimum absolute atomic E-state index is 0.0978. The van der Waals surface area contributed by atoms with E-state index in [1.54, 1.807) is 12.1 Å². The Kier molecular flexibility index (Phi) is 7.49. The fraction of sp³-hybridized carbons (Fsp3) is 0.174. The molecule has 4 rings (SSSR count). The van der Waals surface area contributed by atoms with Crippen molar-refractivity contribution in [2.45, 2.75) is 0 Å². The lowest BCUT2D eigenvalue weighted by Gasteiger charge is -2.36. The molecule has 1 aliphatic heterocycles. The van der Waals surface area contributed by atoms with Gasteiger partial charge < -0.3 is 15.1 Å². The van der Waals surface area contributed by atoms with Crippen LogP contribution in [0.1, 0.15) is 20.0 Å². The van der Waals surface area contributed by atoms with Crippen LogP contribution in [0.15, 0.2) is 60.0 Å². The summed E-state index contributed by atoms with van der Waals surface area (Å²) >= 11 is 18.6. The minimum Gasteiger partial charge on any atom is -0.368 e. The number of rotatable bonds is 4. The first-order valence-electron chi connectivity index (χ1n) is 10.2. The highest BCUT2D eigenvalue weighted by molar-refractivity contribution is 7.80. The average molecular weight is 519 g/mol. The molecular formula is C23H20Cl2N4O2S2. The number of anilines is 2. The van der Waals surface area contributed by atoms with Gasteiger partial charge in [0.2, 0.25) is 0 Å². The van der Waals surface area contributed by atoms with Gasteiger partial charge in [-0.25, -0.2) is 0 Å². The van der Waals surface area contributed by atoms with Crippen molar-refractivity contribution >= 4 is 75.1 Å². The molecule has 1 fully saturated rings. The number of carbonyl (C=O) groups is 2. The van der Waals surface area contributed by atoms with Crippen LogP contribution in [0.2, 0.25) is 10.0 Å². The zero-order chi connectivity index (χ0) is 23.4. The van der Waals surface area contributed by atoms with Crippen molar-refractivity contribution in [3.63, 3.8) is 0 Å². The van der Waals surface area contributed by atoms with Gasteiger partial charge in [0.25, 0.3) is 11.8 Å². The third-order valence-corrected chi connectivity index (χ3v) is 7.00. The molecule has 170 valence electrons. The van der Waals surface area contributed by atoms with Gasteiger partial charge in [-0.1, -0.05) is 29.3 Å². The van der Waals surface area contributed by atoms with E-state index in [9.17, 15) is 9.59 Å². The van der Waals surface area contributed by atoms with E-state index in [0.717, 1.165) is 29.3 Å². The fourth-order valence-electron chi connectivity index (χ4n) is 3.45. The monoisotopic (exact) mass is 518 g/mol. The van der Waals surface area contributed by atoms with Crippen molar-refractivity contribution in [3.05, 3.63) is 80.5 Å². The normalized spacial score (nSPS) is 13.5. The maximum Gasteiger partial charge on any atom is 0.264 e. The number of nitrogens with one attached hydrogen (secondary N) is 2. The van der Waals surface area contributed by atoms with Crippen molar-refractivity contribution in [2.24, 2.45) is 0 Å². The Labute approximate surface area is 211 Å². The highest BCUT2D eigenvalue weighted by Gasteiger charge is 2.22. The topological polar surface area (TPSA) is 64.7 Å². The molecule has 10 heteroatoms. The molecule has 6 nitrogen and oxygen atoms in total. The van der Waals surface area contributed by atoms with Crippen LogP contribution in [0.4, 0.5) is 11.4 Å². The predicted molar refractivity (Wildman–Crippen MR) is 139 cm³/mol. The highest BCUT2D eigenvalue weighted by Crippen LogP contribution is 2.23. The molecule has 1 saturated heterocycles. The molecular weight excluding hydrogens is 499 g/mol. The van der Waals surface area contributed by atoms with E-state index in [-0.39, 0.29) is 16.9 Å². The smallest absolute Gasteiger partial charge is 0.264 e. The van der Waals surface area contributed by atoms with Gasteiger partial charge in [-0.05, 0) is 66.1 Å². The summed E-state index contributed by atoms with van der Waals surface area (Å²) in [5, 5.41) is 8.42. The van der Waals surface area contributed by atoms with Crippen LogP contribution < -0.4 is 15.5 Å². The summed E-state index contributed by atoms with van der Waals surface area (Å²) in [4.78, 5) is 29.8. The second kappa shape index (κ2) is 10.5. The zero-order valence-corrected chi connectivity index (χ0v) is 20.5. The van der Waals surface area contributed by atoms with Gasteiger partial charge in [-0.3, -0.25) is 14.9 Å². The summed E-state index contributed by atoms with van der Waals surface area (Å²) in [5.74, 6) is -0.279. The average Bonchev–Trinajstić information content (AvgIpc) is 3.36. The van der Waals surface area contributed by atoms with Gasteiger partial charge in [0.05, 0.1) is 14.9 Å². The maximum atomic E-state index is 12.5. The largest absolute Gasteiger partial charge is 0.368 e. The van der Waals surface area contributed by atoms with Crippen molar-refractivity contribution in [2.75, 3.05) is 36.4 Å². The number of hydrogen-bond acceptors (Lipinski definition) is 5. The lowest BCUT2D eigenvalue weighted by atomic mass is 10.2. The summed E-state index contributed by atoms with van der Waals surface area (Å²) in [7, 11) is 0. The molecule has 0 unspecified atom stereocenters. The number of hydrogen-bond donors (Lipinski definition) is 2. The first-order valence-corrected chi connectivity index (χ1v) is 12.2. The summed E-state index contributed by atoms with van der Waals surface area (Å²) < 4.78 is 0. The Morgan fingerprint density at radius 2 is 1.67 bits per heavy atom. The summed E-state index contributed by atoms with van der Waals surface area (Å²) in [6, 6.07) is 16.2. The Morgan fingerprint density at radius 3 is 2.30 bits per heavy atom. The van der Waals surface area contributed by atoms with Gasteiger partial charge in [0.1, 0.15) is 0 Å². The number of halogens is 2. The molecule has 2 amide bonds. The zero-order valence-electron chi connectivity index (χ0n) is 17.4. The fourth-order valence-corrected chi connectivity index (χ4v) is 4.65. The standard InChI is InChI=1S/C23H20Cl2N4O2S2/c24-18-8-3-15(14-19(18)25)21(30)27-23(32)26-16-4-6-17(7-5-16)28-9-11-29(12-10-28)22(31)20-2-1-13-33-20/h1-8,13-14H,9-12H2,(H2,26,27,30,32). The molecule has 0 saturated carbocycles. The number of thiocarbonyl (C=S) groups is 1. The molecule has 1 aliphatic rings. The Bertz CT molecular complexity index is 1160. The van der Waals surface area contributed by atoms with Gasteiger partial charge in [-0.15, -0.1) is 11.3 Å². The van der Waals surface area contributed by atoms with Crippen LogP contribution in [0.5, 0.6) is 0 Å². The van der Waals surface area contributed by atoms with Crippen molar-refractivity contribution in [1.29, 1.82) is 0 Å². The number of amides is 2. The number of benzene rings is 2. The molecule has 1 aromatic heterocycles. The number of carbonyl (C=O) groups excluding carboxylic acids is 2. The van der Waals surface area contributed by atoms with Gasteiger partial charge in [0.15, 0.2) is 5.11 Å². The number of nitrogens with zero attached hydrogens (tertiary/aromatic N) is 2. The molecule has 0 spiro atoms. The Hall–Kier alpha value is -2.65. The molecule has 2 heterocycles. The lowest BCUT2D eigenvalue weighted by molar-refractivity contribution is 0.0751. The quantitative estimate of drug-likeness (QED) is 0.468. The molecule has 33 heavy (non-hydrogen) atoms. The molecule has 0 aliphatic carbocycles. The third kappa shape index (κ3) is 5.83. The second-order valence-corrected chi connectivity index (χ2v) is 9.51. The third-order valence-electron chi connectivity index (χ3n) is 5.20. The SMILES string of the molecule is O=C(NC(=S)Nc1ccc(N2CCN(C(=O)c3cccs3)CC2)cc1)c1ccc(Cl)c(Cl)c1. The molecule has 0 atom stereocenters.